The molecule has 0 saturated carbocycles. The van der Waals surface area contributed by atoms with E-state index < -0.39 is 0 Å². The van der Waals surface area contributed by atoms with E-state index in [1.807, 2.05) is 38.1 Å². The zero-order valence-corrected chi connectivity index (χ0v) is 20.4. The molecule has 6 nitrogen and oxygen atoms in total. The second kappa shape index (κ2) is 11.7. The van der Waals surface area contributed by atoms with Crippen molar-refractivity contribution in [2.45, 2.75) is 46.5 Å². The van der Waals surface area contributed by atoms with Crippen LogP contribution in [0.15, 0.2) is 18.2 Å². The average Bonchev–Trinajstić information content (AvgIpc) is 2.70. The Bertz CT molecular complexity index is 744. The summed E-state index contributed by atoms with van der Waals surface area (Å²) in [5.41, 5.74) is 1.02. The maximum Gasteiger partial charge on any atom is 0.223 e. The first-order chi connectivity index (χ1) is 14.6. The third-order valence-electron chi connectivity index (χ3n) is 5.63. The number of benzene rings is 1. The molecule has 7 heteroatoms. The van der Waals surface area contributed by atoms with E-state index in [2.05, 4.69) is 24.1 Å². The van der Waals surface area contributed by atoms with Gasteiger partial charge in [0.15, 0.2) is 0 Å². The summed E-state index contributed by atoms with van der Waals surface area (Å²) >= 11 is 5.96. The van der Waals surface area contributed by atoms with Gasteiger partial charge in [-0.2, -0.15) is 0 Å². The van der Waals surface area contributed by atoms with Crippen molar-refractivity contribution in [3.8, 4) is 5.75 Å². The molecule has 0 radical (unpaired) electrons. The van der Waals surface area contributed by atoms with Crippen LogP contribution < -0.4 is 10.1 Å². The predicted molar refractivity (Wildman–Crippen MR) is 126 cm³/mol. The molecule has 174 valence electrons. The fraction of sp³-hybridized carbons (Fsp3) is 0.667. The van der Waals surface area contributed by atoms with E-state index in [0.717, 1.165) is 30.7 Å². The van der Waals surface area contributed by atoms with Gasteiger partial charge in [0, 0.05) is 43.5 Å². The predicted octanol–water partition coefficient (Wildman–Crippen LogP) is 3.75. The highest BCUT2D eigenvalue weighted by molar-refractivity contribution is 6.30. The highest BCUT2D eigenvalue weighted by Crippen LogP contribution is 2.23. The molecule has 0 aliphatic carbocycles. The lowest BCUT2D eigenvalue weighted by Gasteiger charge is -2.33. The standard InChI is InChI=1S/C24H38ClN3O3/c1-18-15-20(25)8-9-21(18)31-14-6-7-22(29)28-12-10-19(11-13-28)23(30)26-16-24(2,3)17-27(4)5/h8-9,15,19H,6-7,10-14,16-17H2,1-5H3,(H,26,30). The third-order valence-corrected chi connectivity index (χ3v) is 5.87. The van der Waals surface area contributed by atoms with E-state index in [1.165, 1.54) is 0 Å². The number of ether oxygens (including phenoxy) is 1. The average molecular weight is 452 g/mol. The Kier molecular flexibility index (Phi) is 9.63. The molecule has 31 heavy (non-hydrogen) atoms. The van der Waals surface area contributed by atoms with E-state index in [4.69, 9.17) is 16.3 Å². The van der Waals surface area contributed by atoms with E-state index >= 15 is 0 Å². The van der Waals surface area contributed by atoms with Gasteiger partial charge in [-0.05, 0) is 69.5 Å². The van der Waals surface area contributed by atoms with Crippen LogP contribution in [-0.4, -0.2) is 68.5 Å². The SMILES string of the molecule is Cc1cc(Cl)ccc1OCCCC(=O)N1CCC(C(=O)NCC(C)(C)CN(C)C)CC1. The van der Waals surface area contributed by atoms with Crippen molar-refractivity contribution in [2.75, 3.05) is 46.9 Å². The number of aryl methyl sites for hydroxylation is 1. The minimum absolute atomic E-state index is 0.00424. The first-order valence-corrected chi connectivity index (χ1v) is 11.5. The first kappa shape index (κ1) is 25.5. The first-order valence-electron chi connectivity index (χ1n) is 11.2. The summed E-state index contributed by atoms with van der Waals surface area (Å²) in [5.74, 6) is 1.06. The van der Waals surface area contributed by atoms with Gasteiger partial charge < -0.3 is 19.9 Å². The van der Waals surface area contributed by atoms with Crippen molar-refractivity contribution >= 4 is 23.4 Å². The smallest absolute Gasteiger partial charge is 0.223 e. The molecule has 1 aliphatic rings. The van der Waals surface area contributed by atoms with Crippen LogP contribution in [0.1, 0.15) is 45.1 Å². The molecule has 2 rings (SSSR count). The fourth-order valence-electron chi connectivity index (χ4n) is 4.11. The van der Waals surface area contributed by atoms with Gasteiger partial charge in [0.1, 0.15) is 5.75 Å². The van der Waals surface area contributed by atoms with Crippen molar-refractivity contribution in [1.29, 1.82) is 0 Å². The van der Waals surface area contributed by atoms with E-state index in [1.54, 1.807) is 6.07 Å². The Hall–Kier alpha value is -1.79. The van der Waals surface area contributed by atoms with Crippen LogP contribution in [0.25, 0.3) is 0 Å². The lowest BCUT2D eigenvalue weighted by atomic mass is 9.91. The van der Waals surface area contributed by atoms with Crippen LogP contribution in [0.4, 0.5) is 0 Å². The van der Waals surface area contributed by atoms with E-state index in [0.29, 0.717) is 44.1 Å². The Morgan fingerprint density at radius 1 is 1.26 bits per heavy atom. The van der Waals surface area contributed by atoms with E-state index in [-0.39, 0.29) is 23.1 Å². The second-order valence-electron chi connectivity index (χ2n) is 9.64. The molecule has 1 N–H and O–H groups in total. The fourth-order valence-corrected chi connectivity index (χ4v) is 4.34. The molecule has 1 aliphatic heterocycles. The maximum atomic E-state index is 12.5. The van der Waals surface area contributed by atoms with Crippen LogP contribution in [0.3, 0.4) is 0 Å². The monoisotopic (exact) mass is 451 g/mol. The molecule has 2 amide bonds. The van der Waals surface area contributed by atoms with Crippen LogP contribution in [0.5, 0.6) is 5.75 Å². The molecular formula is C24H38ClN3O3. The molecule has 0 bridgehead atoms. The van der Waals surface area contributed by atoms with E-state index in [9.17, 15) is 9.59 Å². The number of likely N-dealkylation sites (tertiary alicyclic amines) is 1. The van der Waals surface area contributed by atoms with Crippen molar-refractivity contribution in [3.63, 3.8) is 0 Å². The van der Waals surface area contributed by atoms with Crippen LogP contribution in [-0.2, 0) is 9.59 Å². The topological polar surface area (TPSA) is 61.9 Å². The lowest BCUT2D eigenvalue weighted by Crippen LogP contribution is -2.46. The molecule has 1 aromatic carbocycles. The summed E-state index contributed by atoms with van der Waals surface area (Å²) in [7, 11) is 4.09. The third kappa shape index (κ3) is 8.69. The summed E-state index contributed by atoms with van der Waals surface area (Å²) in [4.78, 5) is 29.1. The summed E-state index contributed by atoms with van der Waals surface area (Å²) in [6.07, 6.45) is 2.59. The Labute approximate surface area is 192 Å². The summed E-state index contributed by atoms with van der Waals surface area (Å²) in [6.45, 7) is 9.65. The zero-order chi connectivity index (χ0) is 23.0. The Morgan fingerprint density at radius 3 is 2.55 bits per heavy atom. The van der Waals surface area contributed by atoms with Crippen molar-refractivity contribution in [2.24, 2.45) is 11.3 Å². The van der Waals surface area contributed by atoms with Crippen molar-refractivity contribution in [3.05, 3.63) is 28.8 Å². The molecule has 0 atom stereocenters. The summed E-state index contributed by atoms with van der Waals surface area (Å²) < 4.78 is 5.77. The number of carbonyl (C=O) groups excluding carboxylic acids is 2. The lowest BCUT2D eigenvalue weighted by molar-refractivity contribution is -0.135. The maximum absolute atomic E-state index is 12.5. The molecule has 1 saturated heterocycles. The minimum Gasteiger partial charge on any atom is -0.493 e. The molecule has 0 aromatic heterocycles. The number of halogens is 1. The van der Waals surface area contributed by atoms with Crippen LogP contribution >= 0.6 is 11.6 Å². The zero-order valence-electron chi connectivity index (χ0n) is 19.7. The molecular weight excluding hydrogens is 414 g/mol. The molecule has 0 spiro atoms. The van der Waals surface area contributed by atoms with Crippen molar-refractivity contribution < 1.29 is 14.3 Å². The van der Waals surface area contributed by atoms with Crippen LogP contribution in [0.2, 0.25) is 5.02 Å². The largest absolute Gasteiger partial charge is 0.493 e. The van der Waals surface area contributed by atoms with Gasteiger partial charge in [0.05, 0.1) is 6.61 Å². The van der Waals surface area contributed by atoms with Gasteiger partial charge in [-0.3, -0.25) is 9.59 Å². The number of hydrogen-bond acceptors (Lipinski definition) is 4. The van der Waals surface area contributed by atoms with Gasteiger partial charge in [-0.1, -0.05) is 25.4 Å². The van der Waals surface area contributed by atoms with Gasteiger partial charge in [0.2, 0.25) is 11.8 Å². The molecule has 1 aromatic rings. The number of amides is 2. The number of piperidine rings is 1. The summed E-state index contributed by atoms with van der Waals surface area (Å²) in [5, 5.41) is 3.80. The Balaban J connectivity index is 1.66. The normalized spacial score (nSPS) is 15.3. The number of hydrogen-bond donors (Lipinski definition) is 1. The number of carbonyl (C=O) groups is 2. The number of nitrogens with zero attached hydrogens (tertiary/aromatic N) is 2. The second-order valence-corrected chi connectivity index (χ2v) is 10.1. The van der Waals surface area contributed by atoms with Gasteiger partial charge in [0.25, 0.3) is 0 Å². The Morgan fingerprint density at radius 2 is 1.94 bits per heavy atom. The molecule has 0 unspecified atom stereocenters. The molecule has 1 fully saturated rings. The van der Waals surface area contributed by atoms with Gasteiger partial charge >= 0.3 is 0 Å². The van der Waals surface area contributed by atoms with Gasteiger partial charge in [-0.15, -0.1) is 0 Å². The van der Waals surface area contributed by atoms with Crippen LogP contribution in [0, 0.1) is 18.3 Å². The minimum atomic E-state index is -0.00424. The van der Waals surface area contributed by atoms with Crippen molar-refractivity contribution in [1.82, 2.24) is 15.1 Å². The number of rotatable bonds is 10. The molecule has 1 heterocycles. The van der Waals surface area contributed by atoms with Gasteiger partial charge in [-0.25, -0.2) is 0 Å². The quantitative estimate of drug-likeness (QED) is 0.550. The highest BCUT2D eigenvalue weighted by Gasteiger charge is 2.28. The number of nitrogens with one attached hydrogen (secondary N) is 1. The highest BCUT2D eigenvalue weighted by atomic mass is 35.5. The summed E-state index contributed by atoms with van der Waals surface area (Å²) in [6, 6.07) is 5.53.